The number of nitro benzene ring substituents is 1. The van der Waals surface area contributed by atoms with E-state index in [4.69, 9.17) is 14.2 Å². The third-order valence-electron chi connectivity index (χ3n) is 3.29. The van der Waals surface area contributed by atoms with Crippen LogP contribution in [0.2, 0.25) is 0 Å². The Balaban J connectivity index is 2.00. The molecule has 0 aliphatic heterocycles. The second-order valence-electron chi connectivity index (χ2n) is 5.02. The standard InChI is InChI=1S/C18H17NO7/c1-2-24-11-12-25-17(20)13-7-9-14(10-8-13)26-18(21)15-5-3-4-6-16(15)19(22)23/h3-10H,2,11-12H2,1H3. The summed E-state index contributed by atoms with van der Waals surface area (Å²) in [6.07, 6.45) is 0. The lowest BCUT2D eigenvalue weighted by Gasteiger charge is -2.07. The number of carbonyl (C=O) groups is 2. The number of ether oxygens (including phenoxy) is 3. The third-order valence-corrected chi connectivity index (χ3v) is 3.29. The molecular formula is C18H17NO7. The average molecular weight is 359 g/mol. The van der Waals surface area contributed by atoms with E-state index in [2.05, 4.69) is 0 Å². The molecule has 0 aromatic heterocycles. The van der Waals surface area contributed by atoms with Crippen molar-refractivity contribution in [3.05, 3.63) is 69.8 Å². The Labute approximate surface area is 149 Å². The zero-order chi connectivity index (χ0) is 18.9. The number of nitro groups is 1. The molecule has 136 valence electrons. The van der Waals surface area contributed by atoms with Crippen molar-refractivity contribution in [1.29, 1.82) is 0 Å². The molecule has 0 bridgehead atoms. The highest BCUT2D eigenvalue weighted by molar-refractivity contribution is 5.95. The molecule has 0 saturated heterocycles. The number of hydrogen-bond donors (Lipinski definition) is 0. The Kier molecular flexibility index (Phi) is 6.81. The Morgan fingerprint density at radius 1 is 1.00 bits per heavy atom. The van der Waals surface area contributed by atoms with E-state index in [-0.39, 0.29) is 29.2 Å². The highest BCUT2D eigenvalue weighted by Gasteiger charge is 2.21. The van der Waals surface area contributed by atoms with Crippen LogP contribution in [0, 0.1) is 10.1 Å². The van der Waals surface area contributed by atoms with Crippen LogP contribution in [-0.4, -0.2) is 36.7 Å². The van der Waals surface area contributed by atoms with Gasteiger partial charge in [-0.05, 0) is 37.3 Å². The maximum absolute atomic E-state index is 12.1. The van der Waals surface area contributed by atoms with E-state index in [1.165, 1.54) is 48.5 Å². The van der Waals surface area contributed by atoms with E-state index in [1.54, 1.807) is 0 Å². The van der Waals surface area contributed by atoms with Crippen LogP contribution in [0.3, 0.4) is 0 Å². The third kappa shape index (κ3) is 5.12. The van der Waals surface area contributed by atoms with Crippen molar-refractivity contribution < 1.29 is 28.7 Å². The van der Waals surface area contributed by atoms with Crippen LogP contribution in [0.15, 0.2) is 48.5 Å². The van der Waals surface area contributed by atoms with Gasteiger partial charge >= 0.3 is 11.9 Å². The van der Waals surface area contributed by atoms with E-state index in [9.17, 15) is 19.7 Å². The lowest BCUT2D eigenvalue weighted by atomic mass is 10.2. The van der Waals surface area contributed by atoms with Gasteiger partial charge in [0.2, 0.25) is 0 Å². The minimum absolute atomic E-state index is 0.140. The first-order chi connectivity index (χ1) is 12.5. The normalized spacial score (nSPS) is 10.2. The predicted octanol–water partition coefficient (Wildman–Crippen LogP) is 3.01. The van der Waals surface area contributed by atoms with Crippen molar-refractivity contribution >= 4 is 17.6 Å². The first kappa shape index (κ1) is 19.1. The van der Waals surface area contributed by atoms with Gasteiger partial charge in [-0.1, -0.05) is 12.1 Å². The number of benzene rings is 2. The molecule has 0 heterocycles. The van der Waals surface area contributed by atoms with Gasteiger partial charge in [0.15, 0.2) is 0 Å². The maximum atomic E-state index is 12.1. The minimum Gasteiger partial charge on any atom is -0.460 e. The molecular weight excluding hydrogens is 342 g/mol. The molecule has 8 nitrogen and oxygen atoms in total. The van der Waals surface area contributed by atoms with Crippen LogP contribution in [-0.2, 0) is 9.47 Å². The molecule has 0 N–H and O–H groups in total. The second-order valence-corrected chi connectivity index (χ2v) is 5.02. The lowest BCUT2D eigenvalue weighted by Crippen LogP contribution is -2.12. The molecule has 0 unspecified atom stereocenters. The van der Waals surface area contributed by atoms with Gasteiger partial charge < -0.3 is 14.2 Å². The summed E-state index contributed by atoms with van der Waals surface area (Å²) in [6.45, 7) is 2.83. The SMILES string of the molecule is CCOCCOC(=O)c1ccc(OC(=O)c2ccccc2[N+](=O)[O-])cc1. The molecule has 0 saturated carbocycles. The topological polar surface area (TPSA) is 105 Å². The van der Waals surface area contributed by atoms with Crippen LogP contribution in [0.1, 0.15) is 27.6 Å². The summed E-state index contributed by atoms with van der Waals surface area (Å²) < 4.78 is 15.2. The number of hydrogen-bond acceptors (Lipinski definition) is 7. The molecule has 0 atom stereocenters. The van der Waals surface area contributed by atoms with Gasteiger partial charge in [-0.2, -0.15) is 0 Å². The molecule has 2 aromatic carbocycles. The number of esters is 2. The van der Waals surface area contributed by atoms with Gasteiger partial charge in [0.25, 0.3) is 5.69 Å². The van der Waals surface area contributed by atoms with Gasteiger partial charge in [0.05, 0.1) is 17.1 Å². The molecule has 0 radical (unpaired) electrons. The molecule has 0 aliphatic rings. The molecule has 0 spiro atoms. The molecule has 0 amide bonds. The van der Waals surface area contributed by atoms with Gasteiger partial charge in [-0.15, -0.1) is 0 Å². The summed E-state index contributed by atoms with van der Waals surface area (Å²) in [5, 5.41) is 11.0. The molecule has 2 rings (SSSR count). The van der Waals surface area contributed by atoms with Crippen molar-refractivity contribution in [2.24, 2.45) is 0 Å². The summed E-state index contributed by atoms with van der Waals surface area (Å²) in [5.41, 5.74) is -0.212. The number of nitrogens with zero attached hydrogens (tertiary/aromatic N) is 1. The van der Waals surface area contributed by atoms with Crippen molar-refractivity contribution in [2.45, 2.75) is 6.92 Å². The van der Waals surface area contributed by atoms with Crippen molar-refractivity contribution in [3.63, 3.8) is 0 Å². The fraction of sp³-hybridized carbons (Fsp3) is 0.222. The van der Waals surface area contributed by atoms with Gasteiger partial charge in [0, 0.05) is 12.7 Å². The fourth-order valence-corrected chi connectivity index (χ4v) is 2.05. The predicted molar refractivity (Wildman–Crippen MR) is 91.3 cm³/mol. The van der Waals surface area contributed by atoms with E-state index in [1.807, 2.05) is 6.92 Å². The van der Waals surface area contributed by atoms with E-state index < -0.39 is 16.9 Å². The van der Waals surface area contributed by atoms with Crippen LogP contribution >= 0.6 is 0 Å². The second kappa shape index (κ2) is 9.28. The smallest absolute Gasteiger partial charge is 0.350 e. The zero-order valence-corrected chi connectivity index (χ0v) is 14.0. The first-order valence-electron chi connectivity index (χ1n) is 7.83. The van der Waals surface area contributed by atoms with Gasteiger partial charge in [0.1, 0.15) is 17.9 Å². The Hall–Kier alpha value is -3.26. The van der Waals surface area contributed by atoms with Crippen molar-refractivity contribution in [2.75, 3.05) is 19.8 Å². The first-order valence-corrected chi connectivity index (χ1v) is 7.83. The fourth-order valence-electron chi connectivity index (χ4n) is 2.05. The van der Waals surface area contributed by atoms with Crippen LogP contribution in [0.4, 0.5) is 5.69 Å². The molecule has 2 aromatic rings. The summed E-state index contributed by atoms with van der Waals surface area (Å²) in [4.78, 5) is 34.3. The Morgan fingerprint density at radius 2 is 1.69 bits per heavy atom. The number of rotatable bonds is 8. The highest BCUT2D eigenvalue weighted by Crippen LogP contribution is 2.21. The minimum atomic E-state index is -0.857. The van der Waals surface area contributed by atoms with Crippen LogP contribution in [0.5, 0.6) is 5.75 Å². The molecule has 0 fully saturated rings. The van der Waals surface area contributed by atoms with E-state index in [0.717, 1.165) is 0 Å². The average Bonchev–Trinajstić information content (AvgIpc) is 2.65. The quantitative estimate of drug-likeness (QED) is 0.234. The summed E-state index contributed by atoms with van der Waals surface area (Å²) in [5.74, 6) is -1.23. The molecule has 8 heteroatoms. The van der Waals surface area contributed by atoms with Gasteiger partial charge in [-0.3, -0.25) is 10.1 Å². The largest absolute Gasteiger partial charge is 0.460 e. The van der Waals surface area contributed by atoms with Crippen LogP contribution < -0.4 is 4.74 Å². The lowest BCUT2D eigenvalue weighted by molar-refractivity contribution is -0.385. The molecule has 0 aliphatic carbocycles. The van der Waals surface area contributed by atoms with Crippen molar-refractivity contribution in [1.82, 2.24) is 0 Å². The Bertz CT molecular complexity index is 786. The van der Waals surface area contributed by atoms with Gasteiger partial charge in [-0.25, -0.2) is 9.59 Å². The number of para-hydroxylation sites is 1. The highest BCUT2D eigenvalue weighted by atomic mass is 16.6. The summed E-state index contributed by atoms with van der Waals surface area (Å²) in [7, 11) is 0. The summed E-state index contributed by atoms with van der Waals surface area (Å²) >= 11 is 0. The van der Waals surface area contributed by atoms with Crippen LogP contribution in [0.25, 0.3) is 0 Å². The number of carbonyl (C=O) groups excluding carboxylic acids is 2. The zero-order valence-electron chi connectivity index (χ0n) is 14.0. The Morgan fingerprint density at radius 3 is 2.35 bits per heavy atom. The molecule has 26 heavy (non-hydrogen) atoms. The maximum Gasteiger partial charge on any atom is 0.350 e. The monoisotopic (exact) mass is 359 g/mol. The van der Waals surface area contributed by atoms with E-state index >= 15 is 0 Å². The van der Waals surface area contributed by atoms with E-state index in [0.29, 0.717) is 13.2 Å². The summed E-state index contributed by atoms with van der Waals surface area (Å²) in [6, 6.07) is 11.2. The van der Waals surface area contributed by atoms with Crippen molar-refractivity contribution in [3.8, 4) is 5.75 Å².